The highest BCUT2D eigenvalue weighted by Gasteiger charge is 2.12. The third-order valence-electron chi connectivity index (χ3n) is 5.31. The van der Waals surface area contributed by atoms with Crippen LogP contribution in [0, 0.1) is 0 Å². The molecule has 2 aromatic carbocycles. The van der Waals surface area contributed by atoms with Gasteiger partial charge in [0, 0.05) is 25.3 Å². The monoisotopic (exact) mass is 379 g/mol. The van der Waals surface area contributed by atoms with Crippen molar-refractivity contribution in [1.82, 2.24) is 9.80 Å². The van der Waals surface area contributed by atoms with Gasteiger partial charge in [-0.25, -0.2) is 4.99 Å². The van der Waals surface area contributed by atoms with E-state index < -0.39 is 0 Å². The highest BCUT2D eigenvalue weighted by atomic mass is 15.2. The smallest absolute Gasteiger partial charge is 0.193 e. The molecule has 1 aliphatic rings. The standard InChI is InChI=1S/C23H33N5/c1-3-19-9-11-22(12-10-19)26-23(24)25-17-20-5-7-21(8-6-20)18-28-14-4-13-27(2)15-16-28/h5-12H,3-4,13-18H2,1-2H3,(H3,24,25,26). The van der Waals surface area contributed by atoms with E-state index in [1.165, 1.54) is 36.2 Å². The summed E-state index contributed by atoms with van der Waals surface area (Å²) in [5.74, 6) is 0.446. The summed E-state index contributed by atoms with van der Waals surface area (Å²) in [4.78, 5) is 9.42. The van der Waals surface area contributed by atoms with E-state index in [2.05, 4.69) is 70.5 Å². The molecule has 0 radical (unpaired) electrons. The quantitative estimate of drug-likeness (QED) is 0.597. The molecule has 0 saturated carbocycles. The lowest BCUT2D eigenvalue weighted by molar-refractivity contribution is 0.269. The minimum atomic E-state index is 0.446. The topological polar surface area (TPSA) is 56.9 Å². The number of anilines is 1. The Bertz CT molecular complexity index is 752. The molecule has 1 aliphatic heterocycles. The Labute approximate surface area is 169 Å². The number of benzene rings is 2. The van der Waals surface area contributed by atoms with Gasteiger partial charge in [-0.05, 0) is 61.8 Å². The van der Waals surface area contributed by atoms with Crippen LogP contribution in [0.15, 0.2) is 53.5 Å². The summed E-state index contributed by atoms with van der Waals surface area (Å²) in [6.07, 6.45) is 2.28. The molecule has 5 nitrogen and oxygen atoms in total. The Hall–Kier alpha value is -2.37. The first-order chi connectivity index (χ1) is 13.6. The fourth-order valence-electron chi connectivity index (χ4n) is 3.45. The summed E-state index contributed by atoms with van der Waals surface area (Å²) in [5, 5.41) is 3.16. The van der Waals surface area contributed by atoms with Crippen molar-refractivity contribution in [3.8, 4) is 0 Å². The van der Waals surface area contributed by atoms with Crippen LogP contribution < -0.4 is 11.1 Å². The van der Waals surface area contributed by atoms with Gasteiger partial charge in [-0.3, -0.25) is 4.90 Å². The number of hydrogen-bond donors (Lipinski definition) is 2. The predicted molar refractivity (Wildman–Crippen MR) is 119 cm³/mol. The van der Waals surface area contributed by atoms with Crippen molar-refractivity contribution in [1.29, 1.82) is 0 Å². The van der Waals surface area contributed by atoms with Gasteiger partial charge in [-0.2, -0.15) is 0 Å². The predicted octanol–water partition coefficient (Wildman–Crippen LogP) is 3.31. The lowest BCUT2D eigenvalue weighted by Crippen LogP contribution is -2.28. The maximum Gasteiger partial charge on any atom is 0.193 e. The number of nitrogens with two attached hydrogens (primary N) is 1. The van der Waals surface area contributed by atoms with Crippen molar-refractivity contribution in [3.63, 3.8) is 0 Å². The summed E-state index contributed by atoms with van der Waals surface area (Å²) >= 11 is 0. The van der Waals surface area contributed by atoms with Gasteiger partial charge in [0.05, 0.1) is 6.54 Å². The average Bonchev–Trinajstić information content (AvgIpc) is 2.92. The van der Waals surface area contributed by atoms with Crippen LogP contribution in [-0.2, 0) is 19.5 Å². The Morgan fingerprint density at radius 1 is 0.929 bits per heavy atom. The molecule has 3 rings (SSSR count). The summed E-state index contributed by atoms with van der Waals surface area (Å²) in [7, 11) is 2.21. The molecule has 0 atom stereocenters. The van der Waals surface area contributed by atoms with Crippen LogP contribution in [0.3, 0.4) is 0 Å². The molecule has 0 spiro atoms. The number of aryl methyl sites for hydroxylation is 1. The number of aliphatic imine (C=N–C) groups is 1. The third-order valence-corrected chi connectivity index (χ3v) is 5.31. The molecule has 1 fully saturated rings. The second-order valence-electron chi connectivity index (χ2n) is 7.63. The van der Waals surface area contributed by atoms with Crippen LogP contribution in [0.1, 0.15) is 30.0 Å². The van der Waals surface area contributed by atoms with Gasteiger partial charge in [0.25, 0.3) is 0 Å². The van der Waals surface area contributed by atoms with Crippen molar-refractivity contribution in [3.05, 3.63) is 65.2 Å². The summed E-state index contributed by atoms with van der Waals surface area (Å²) in [5.41, 5.74) is 10.8. The first-order valence-electron chi connectivity index (χ1n) is 10.3. The third kappa shape index (κ3) is 6.36. The molecule has 0 amide bonds. The maximum atomic E-state index is 6.03. The molecule has 150 valence electrons. The molecular weight excluding hydrogens is 346 g/mol. The van der Waals surface area contributed by atoms with Gasteiger partial charge in [0.1, 0.15) is 0 Å². The fourth-order valence-corrected chi connectivity index (χ4v) is 3.45. The van der Waals surface area contributed by atoms with Crippen molar-refractivity contribution >= 4 is 11.6 Å². The summed E-state index contributed by atoms with van der Waals surface area (Å²) in [6, 6.07) is 17.0. The molecule has 2 aromatic rings. The number of nitrogens with zero attached hydrogens (tertiary/aromatic N) is 3. The highest BCUT2D eigenvalue weighted by molar-refractivity contribution is 5.92. The number of hydrogen-bond acceptors (Lipinski definition) is 3. The lowest BCUT2D eigenvalue weighted by Gasteiger charge is -2.20. The van der Waals surface area contributed by atoms with E-state index >= 15 is 0 Å². The zero-order valence-electron chi connectivity index (χ0n) is 17.2. The summed E-state index contributed by atoms with van der Waals surface area (Å²) < 4.78 is 0. The fraction of sp³-hybridized carbons (Fsp3) is 0.435. The van der Waals surface area contributed by atoms with Crippen LogP contribution in [-0.4, -0.2) is 49.0 Å². The van der Waals surface area contributed by atoms with Gasteiger partial charge in [0.2, 0.25) is 0 Å². The first kappa shape index (κ1) is 20.4. The maximum absolute atomic E-state index is 6.03. The van der Waals surface area contributed by atoms with Crippen LogP contribution in [0.5, 0.6) is 0 Å². The minimum absolute atomic E-state index is 0.446. The van der Waals surface area contributed by atoms with Crippen LogP contribution in [0.4, 0.5) is 5.69 Å². The van der Waals surface area contributed by atoms with Gasteiger partial charge in [0.15, 0.2) is 5.96 Å². The Morgan fingerprint density at radius 2 is 1.61 bits per heavy atom. The van der Waals surface area contributed by atoms with E-state index in [-0.39, 0.29) is 0 Å². The molecule has 3 N–H and O–H groups in total. The van der Waals surface area contributed by atoms with Crippen LogP contribution >= 0.6 is 0 Å². The van der Waals surface area contributed by atoms with E-state index in [1.54, 1.807) is 0 Å². The zero-order chi connectivity index (χ0) is 19.8. The van der Waals surface area contributed by atoms with Gasteiger partial charge >= 0.3 is 0 Å². The zero-order valence-corrected chi connectivity index (χ0v) is 17.2. The molecule has 0 aliphatic carbocycles. The van der Waals surface area contributed by atoms with E-state index in [9.17, 15) is 0 Å². The number of nitrogens with one attached hydrogen (secondary N) is 1. The summed E-state index contributed by atoms with van der Waals surface area (Å²) in [6.45, 7) is 8.43. The average molecular weight is 380 g/mol. The molecule has 0 unspecified atom stereocenters. The van der Waals surface area contributed by atoms with Gasteiger partial charge < -0.3 is 16.0 Å². The molecule has 0 aromatic heterocycles. The number of likely N-dealkylation sites (N-methyl/N-ethyl adjacent to an activating group) is 1. The minimum Gasteiger partial charge on any atom is -0.370 e. The van der Waals surface area contributed by atoms with E-state index in [0.29, 0.717) is 12.5 Å². The molecule has 1 heterocycles. The second kappa shape index (κ2) is 10.2. The molecular formula is C23H33N5. The van der Waals surface area contributed by atoms with Crippen molar-refractivity contribution < 1.29 is 0 Å². The van der Waals surface area contributed by atoms with E-state index in [1.807, 2.05) is 12.1 Å². The van der Waals surface area contributed by atoms with Crippen LogP contribution in [0.25, 0.3) is 0 Å². The van der Waals surface area contributed by atoms with Crippen molar-refractivity contribution in [2.75, 3.05) is 38.5 Å². The molecule has 1 saturated heterocycles. The SMILES string of the molecule is CCc1ccc(NC(N)=NCc2ccc(CN3CCCN(C)CC3)cc2)cc1. The normalized spacial score (nSPS) is 16.7. The Kier molecular flexibility index (Phi) is 7.46. The molecule has 28 heavy (non-hydrogen) atoms. The van der Waals surface area contributed by atoms with E-state index in [4.69, 9.17) is 5.73 Å². The number of rotatable bonds is 6. The van der Waals surface area contributed by atoms with Gasteiger partial charge in [-0.15, -0.1) is 0 Å². The van der Waals surface area contributed by atoms with E-state index in [0.717, 1.165) is 31.7 Å². The van der Waals surface area contributed by atoms with Gasteiger partial charge in [-0.1, -0.05) is 43.3 Å². The Morgan fingerprint density at radius 3 is 2.32 bits per heavy atom. The Balaban J connectivity index is 1.49. The number of guanidine groups is 1. The lowest BCUT2D eigenvalue weighted by atomic mass is 10.1. The largest absolute Gasteiger partial charge is 0.370 e. The van der Waals surface area contributed by atoms with Crippen molar-refractivity contribution in [2.24, 2.45) is 10.7 Å². The molecule has 0 bridgehead atoms. The van der Waals surface area contributed by atoms with Crippen LogP contribution in [0.2, 0.25) is 0 Å². The highest BCUT2D eigenvalue weighted by Crippen LogP contribution is 2.12. The second-order valence-corrected chi connectivity index (χ2v) is 7.63. The molecule has 5 heteroatoms. The van der Waals surface area contributed by atoms with Crippen molar-refractivity contribution in [2.45, 2.75) is 32.9 Å². The first-order valence-corrected chi connectivity index (χ1v) is 10.3.